The summed E-state index contributed by atoms with van der Waals surface area (Å²) in [5.74, 6) is 1.16. The largest absolute Gasteiger partial charge is 0.264 e. The van der Waals surface area contributed by atoms with Crippen LogP contribution in [0.2, 0.25) is 0 Å². The molecule has 1 aliphatic rings. The molecule has 4 heteroatoms. The number of nitrogens with zero attached hydrogens (tertiary/aromatic N) is 1. The maximum absolute atomic E-state index is 5.33. The van der Waals surface area contributed by atoms with E-state index in [4.69, 9.17) is 12.2 Å². The van der Waals surface area contributed by atoms with Gasteiger partial charge >= 0.3 is 0 Å². The Morgan fingerprint density at radius 3 is 2.93 bits per heavy atom. The van der Waals surface area contributed by atoms with E-state index in [0.29, 0.717) is 0 Å². The van der Waals surface area contributed by atoms with Crippen LogP contribution < -0.4 is 0 Å². The maximum Gasteiger partial charge on any atom is 0.0830 e. The van der Waals surface area contributed by atoms with Crippen LogP contribution in [0, 0.1) is 0 Å². The molecule has 1 aliphatic heterocycles. The summed E-state index contributed by atoms with van der Waals surface area (Å²) in [7, 11) is 0. The van der Waals surface area contributed by atoms with Crippen LogP contribution >= 0.6 is 36.6 Å². The van der Waals surface area contributed by atoms with E-state index < -0.39 is 0 Å². The number of thiol groups is 1. The van der Waals surface area contributed by atoms with Gasteiger partial charge in [-0.25, -0.2) is 0 Å². The van der Waals surface area contributed by atoms with Crippen molar-refractivity contribution in [3.63, 3.8) is 0 Å². The normalized spacial score (nSPS) is 26.2. The van der Waals surface area contributed by atoms with Crippen molar-refractivity contribution in [3.05, 3.63) is 30.1 Å². The Hall–Kier alpha value is -0.0600. The molecular formula is C11H13NS3. The van der Waals surface area contributed by atoms with Gasteiger partial charge in [-0.2, -0.15) is 0 Å². The number of hydrogen-bond acceptors (Lipinski definition) is 3. The first-order valence-electron chi connectivity index (χ1n) is 5.03. The Kier molecular flexibility index (Phi) is 3.69. The number of rotatable bonds is 2. The van der Waals surface area contributed by atoms with Crippen LogP contribution in [0.3, 0.4) is 0 Å². The summed E-state index contributed by atoms with van der Waals surface area (Å²) in [5, 5.41) is 0. The minimum absolute atomic E-state index is 0.0784. The minimum Gasteiger partial charge on any atom is -0.264 e. The Labute approximate surface area is 105 Å². The van der Waals surface area contributed by atoms with Gasteiger partial charge in [-0.1, -0.05) is 24.7 Å². The lowest BCUT2D eigenvalue weighted by Crippen LogP contribution is -2.31. The van der Waals surface area contributed by atoms with Crippen LogP contribution in [-0.4, -0.2) is 14.9 Å². The zero-order valence-corrected chi connectivity index (χ0v) is 10.9. The van der Waals surface area contributed by atoms with Crippen molar-refractivity contribution in [2.45, 2.75) is 24.0 Å². The lowest BCUT2D eigenvalue weighted by molar-refractivity contribution is 0.634. The number of thiocarbonyl (C=S) groups is 1. The second-order valence-electron chi connectivity index (χ2n) is 3.68. The van der Waals surface area contributed by atoms with Crippen LogP contribution in [0.1, 0.15) is 24.8 Å². The van der Waals surface area contributed by atoms with E-state index in [2.05, 4.69) is 23.7 Å². The highest BCUT2D eigenvalue weighted by Gasteiger charge is 2.37. The predicted molar refractivity (Wildman–Crippen MR) is 73.8 cm³/mol. The van der Waals surface area contributed by atoms with Crippen molar-refractivity contribution in [2.75, 3.05) is 5.75 Å². The summed E-state index contributed by atoms with van der Waals surface area (Å²) < 4.78 is 0.713. The van der Waals surface area contributed by atoms with E-state index in [9.17, 15) is 0 Å². The van der Waals surface area contributed by atoms with E-state index in [-0.39, 0.29) is 4.75 Å². The molecule has 2 rings (SSSR count). The highest BCUT2D eigenvalue weighted by molar-refractivity contribution is 8.15. The van der Waals surface area contributed by atoms with E-state index in [0.717, 1.165) is 16.4 Å². The third-order valence-corrected chi connectivity index (χ3v) is 5.39. The Morgan fingerprint density at radius 1 is 1.53 bits per heavy atom. The predicted octanol–water partition coefficient (Wildman–Crippen LogP) is 3.45. The van der Waals surface area contributed by atoms with Crippen molar-refractivity contribution in [3.8, 4) is 0 Å². The fourth-order valence-corrected chi connectivity index (χ4v) is 4.14. The second-order valence-corrected chi connectivity index (χ2v) is 6.23. The average molecular weight is 255 g/mol. The minimum atomic E-state index is -0.0784. The molecule has 0 aliphatic carbocycles. The first-order chi connectivity index (χ1) is 7.26. The average Bonchev–Trinajstić information content (AvgIpc) is 2.31. The fraction of sp³-hybridized carbons (Fsp3) is 0.455. The van der Waals surface area contributed by atoms with Crippen molar-refractivity contribution >= 4 is 40.8 Å². The van der Waals surface area contributed by atoms with Crippen LogP contribution in [0.4, 0.5) is 0 Å². The third kappa shape index (κ3) is 2.22. The van der Waals surface area contributed by atoms with E-state index in [1.54, 1.807) is 6.20 Å². The number of hydrogen-bond donors (Lipinski definition) is 1. The molecule has 1 fully saturated rings. The van der Waals surface area contributed by atoms with Gasteiger partial charge in [0.25, 0.3) is 0 Å². The second kappa shape index (κ2) is 4.85. The molecular weight excluding hydrogens is 242 g/mol. The zero-order chi connectivity index (χ0) is 10.7. The Bertz CT molecular complexity index is 344. The van der Waals surface area contributed by atoms with Gasteiger partial charge < -0.3 is 0 Å². The van der Waals surface area contributed by atoms with E-state index in [1.807, 2.05) is 24.0 Å². The summed E-state index contributed by atoms with van der Waals surface area (Å²) in [5.41, 5.74) is 1.20. The molecule has 1 saturated heterocycles. The molecule has 0 radical (unpaired) electrons. The highest BCUT2D eigenvalue weighted by Crippen LogP contribution is 2.46. The molecule has 1 atom stereocenters. The van der Waals surface area contributed by atoms with Crippen molar-refractivity contribution in [2.24, 2.45) is 0 Å². The molecule has 15 heavy (non-hydrogen) atoms. The maximum atomic E-state index is 5.33. The lowest BCUT2D eigenvalue weighted by Gasteiger charge is -2.35. The molecule has 0 spiro atoms. The molecule has 1 unspecified atom stereocenters. The summed E-state index contributed by atoms with van der Waals surface area (Å²) in [6.07, 6.45) is 7.31. The van der Waals surface area contributed by atoms with Gasteiger partial charge in [-0.15, -0.1) is 24.4 Å². The van der Waals surface area contributed by atoms with Gasteiger partial charge in [-0.3, -0.25) is 4.98 Å². The summed E-state index contributed by atoms with van der Waals surface area (Å²) >= 11 is 11.7. The number of pyridine rings is 1. The van der Waals surface area contributed by atoms with E-state index in [1.165, 1.54) is 18.4 Å². The monoisotopic (exact) mass is 255 g/mol. The molecule has 0 bridgehead atoms. The molecule has 80 valence electrons. The molecule has 1 aromatic heterocycles. The topological polar surface area (TPSA) is 12.9 Å². The summed E-state index contributed by atoms with van der Waals surface area (Å²) in [6.45, 7) is 0. The van der Waals surface area contributed by atoms with Crippen LogP contribution in [0.5, 0.6) is 0 Å². The number of aromatic nitrogens is 1. The molecule has 0 amide bonds. The fourth-order valence-electron chi connectivity index (χ4n) is 1.92. The molecule has 0 N–H and O–H groups in total. The zero-order valence-electron chi connectivity index (χ0n) is 8.35. The smallest absolute Gasteiger partial charge is 0.0830 e. The van der Waals surface area contributed by atoms with Crippen LogP contribution in [0.15, 0.2) is 24.5 Å². The van der Waals surface area contributed by atoms with Gasteiger partial charge in [-0.05, 0) is 30.2 Å². The Balaban J connectivity index is 2.38. The third-order valence-electron chi connectivity index (χ3n) is 2.74. The SMILES string of the molecule is S=C(S)C1(c2cccnc2)CCCCS1. The molecule has 2 heterocycles. The van der Waals surface area contributed by atoms with Crippen LogP contribution in [-0.2, 0) is 4.75 Å². The first kappa shape index (κ1) is 11.4. The number of thioether (sulfide) groups is 1. The van der Waals surface area contributed by atoms with Gasteiger partial charge in [0.2, 0.25) is 0 Å². The van der Waals surface area contributed by atoms with Crippen molar-refractivity contribution in [1.29, 1.82) is 0 Å². The van der Waals surface area contributed by atoms with Gasteiger partial charge in [0.15, 0.2) is 0 Å². The molecule has 1 aromatic rings. The molecule has 1 nitrogen and oxygen atoms in total. The van der Waals surface area contributed by atoms with Gasteiger partial charge in [0.1, 0.15) is 0 Å². The Morgan fingerprint density at radius 2 is 2.40 bits per heavy atom. The summed E-state index contributed by atoms with van der Waals surface area (Å²) in [4.78, 5) is 4.18. The van der Waals surface area contributed by atoms with Crippen molar-refractivity contribution < 1.29 is 0 Å². The van der Waals surface area contributed by atoms with Gasteiger partial charge in [0, 0.05) is 12.4 Å². The highest BCUT2D eigenvalue weighted by atomic mass is 32.2. The molecule has 0 saturated carbocycles. The van der Waals surface area contributed by atoms with Gasteiger partial charge in [0.05, 0.1) is 8.94 Å². The lowest BCUT2D eigenvalue weighted by atomic mass is 9.95. The van der Waals surface area contributed by atoms with Crippen LogP contribution in [0.25, 0.3) is 0 Å². The molecule has 0 aromatic carbocycles. The standard InChI is InChI=1S/C11H13NS3/c13-10(14)11(5-1-2-7-15-11)9-4-3-6-12-8-9/h3-4,6,8H,1-2,5,7H2,(H,13,14). The van der Waals surface area contributed by atoms with Crippen molar-refractivity contribution in [1.82, 2.24) is 4.98 Å². The van der Waals surface area contributed by atoms with E-state index >= 15 is 0 Å². The quantitative estimate of drug-likeness (QED) is 0.642. The summed E-state index contributed by atoms with van der Waals surface area (Å²) in [6, 6.07) is 4.08. The first-order valence-corrected chi connectivity index (χ1v) is 6.88.